The number of carboxylic acid groups (broad SMARTS) is 1. The molecule has 1 unspecified atom stereocenters. The van der Waals surface area contributed by atoms with Crippen molar-refractivity contribution in [3.05, 3.63) is 21.3 Å². The summed E-state index contributed by atoms with van der Waals surface area (Å²) in [5.74, 6) is -0.935. The first kappa shape index (κ1) is 16.2. The number of rotatable bonds is 5. The van der Waals surface area contributed by atoms with Crippen molar-refractivity contribution < 1.29 is 19.4 Å². The first-order valence-electron chi connectivity index (χ1n) is 6.52. The van der Waals surface area contributed by atoms with Gasteiger partial charge in [-0.05, 0) is 19.2 Å². The second-order valence-corrected chi connectivity index (χ2v) is 6.65. The molecule has 1 fully saturated rings. The summed E-state index contributed by atoms with van der Waals surface area (Å²) in [6.07, 6.45) is -0.178. The predicted molar refractivity (Wildman–Crippen MR) is 80.1 cm³/mol. The van der Waals surface area contributed by atoms with Gasteiger partial charge >= 0.3 is 5.97 Å². The Kier molecular flexibility index (Phi) is 5.58. The summed E-state index contributed by atoms with van der Waals surface area (Å²) in [6, 6.07) is 3.42. The molecule has 0 aliphatic carbocycles. The lowest BCUT2D eigenvalue weighted by Gasteiger charge is -2.34. The van der Waals surface area contributed by atoms with Gasteiger partial charge in [-0.2, -0.15) is 0 Å². The summed E-state index contributed by atoms with van der Waals surface area (Å²) >= 11 is 7.11. The van der Waals surface area contributed by atoms with Crippen LogP contribution in [0.4, 0.5) is 0 Å². The van der Waals surface area contributed by atoms with E-state index in [1.54, 1.807) is 29.0 Å². The van der Waals surface area contributed by atoms with Gasteiger partial charge in [0.2, 0.25) is 0 Å². The zero-order chi connectivity index (χ0) is 15.4. The lowest BCUT2D eigenvalue weighted by molar-refractivity contribution is -0.138. The fourth-order valence-corrected chi connectivity index (χ4v) is 3.25. The van der Waals surface area contributed by atoms with E-state index in [9.17, 15) is 9.59 Å². The van der Waals surface area contributed by atoms with Crippen LogP contribution in [0.3, 0.4) is 0 Å². The van der Waals surface area contributed by atoms with Crippen LogP contribution in [-0.4, -0.2) is 72.7 Å². The molecule has 1 N–H and O–H groups in total. The molecule has 0 aromatic carbocycles. The van der Waals surface area contributed by atoms with E-state index in [2.05, 4.69) is 0 Å². The number of morpholine rings is 1. The van der Waals surface area contributed by atoms with Crippen molar-refractivity contribution in [2.45, 2.75) is 6.10 Å². The van der Waals surface area contributed by atoms with Crippen LogP contribution >= 0.6 is 22.9 Å². The van der Waals surface area contributed by atoms with E-state index in [0.29, 0.717) is 35.5 Å². The number of thiophene rings is 1. The highest BCUT2D eigenvalue weighted by Crippen LogP contribution is 2.23. The fraction of sp³-hybridized carbons (Fsp3) is 0.538. The Hall–Kier alpha value is -1.15. The lowest BCUT2D eigenvalue weighted by atomic mass is 10.2. The molecule has 0 bridgehead atoms. The smallest absolute Gasteiger partial charge is 0.317 e. The number of nitrogens with zero attached hydrogens (tertiary/aromatic N) is 2. The molecule has 1 aliphatic rings. The molecule has 1 aliphatic heterocycles. The molecule has 116 valence electrons. The van der Waals surface area contributed by atoms with Gasteiger partial charge in [0.05, 0.1) is 28.5 Å². The second-order valence-electron chi connectivity index (χ2n) is 4.94. The van der Waals surface area contributed by atoms with E-state index in [0.717, 1.165) is 0 Å². The molecule has 2 rings (SSSR count). The molecule has 1 amide bonds. The van der Waals surface area contributed by atoms with Gasteiger partial charge < -0.3 is 14.7 Å². The molecule has 6 nitrogen and oxygen atoms in total. The Balaban J connectivity index is 1.91. The quantitative estimate of drug-likeness (QED) is 0.879. The molecular weight excluding hydrogens is 316 g/mol. The van der Waals surface area contributed by atoms with Crippen molar-refractivity contribution in [3.8, 4) is 0 Å². The average Bonchev–Trinajstić information content (AvgIpc) is 2.84. The van der Waals surface area contributed by atoms with Gasteiger partial charge in [0.15, 0.2) is 0 Å². The number of hydrogen-bond acceptors (Lipinski definition) is 5. The zero-order valence-electron chi connectivity index (χ0n) is 11.6. The monoisotopic (exact) mass is 332 g/mol. The van der Waals surface area contributed by atoms with Crippen molar-refractivity contribution in [2.24, 2.45) is 0 Å². The molecule has 21 heavy (non-hydrogen) atoms. The SMILES string of the molecule is CN(CC(=O)O)CC1CN(C(=O)c2ccc(Cl)s2)CCO1. The van der Waals surface area contributed by atoms with Crippen LogP contribution < -0.4 is 0 Å². The fourth-order valence-electron chi connectivity index (χ4n) is 2.24. The van der Waals surface area contributed by atoms with Gasteiger partial charge in [-0.25, -0.2) is 0 Å². The Labute approximate surface area is 131 Å². The predicted octanol–water partition coefficient (Wildman–Crippen LogP) is 1.26. The standard InChI is InChI=1S/C13H17ClN2O4S/c1-15(8-12(17)18)6-9-7-16(4-5-20-9)13(19)10-2-3-11(14)21-10/h2-3,9H,4-8H2,1H3,(H,17,18). The minimum Gasteiger partial charge on any atom is -0.480 e. The van der Waals surface area contributed by atoms with Crippen LogP contribution in [0.1, 0.15) is 9.67 Å². The van der Waals surface area contributed by atoms with Gasteiger partial charge in [-0.15, -0.1) is 11.3 Å². The largest absolute Gasteiger partial charge is 0.480 e. The van der Waals surface area contributed by atoms with E-state index in [-0.39, 0.29) is 18.6 Å². The molecule has 2 heterocycles. The number of aliphatic carboxylic acids is 1. The van der Waals surface area contributed by atoms with Gasteiger partial charge in [0.1, 0.15) is 0 Å². The summed E-state index contributed by atoms with van der Waals surface area (Å²) in [5, 5.41) is 8.75. The van der Waals surface area contributed by atoms with Crippen LogP contribution in [0.15, 0.2) is 12.1 Å². The number of carbonyl (C=O) groups excluding carboxylic acids is 1. The Morgan fingerprint density at radius 3 is 2.95 bits per heavy atom. The molecule has 0 radical (unpaired) electrons. The van der Waals surface area contributed by atoms with Crippen molar-refractivity contribution in [3.63, 3.8) is 0 Å². The van der Waals surface area contributed by atoms with Crippen molar-refractivity contribution in [1.29, 1.82) is 0 Å². The minimum absolute atomic E-state index is 0.0473. The normalized spacial score (nSPS) is 19.0. The maximum atomic E-state index is 12.3. The van der Waals surface area contributed by atoms with Crippen molar-refractivity contribution >= 4 is 34.8 Å². The number of amides is 1. The third kappa shape index (κ3) is 4.67. The highest BCUT2D eigenvalue weighted by Gasteiger charge is 2.26. The topological polar surface area (TPSA) is 70.1 Å². The molecule has 1 saturated heterocycles. The van der Waals surface area contributed by atoms with Crippen LogP contribution in [0, 0.1) is 0 Å². The lowest BCUT2D eigenvalue weighted by Crippen LogP contribution is -2.49. The highest BCUT2D eigenvalue weighted by atomic mass is 35.5. The van der Waals surface area contributed by atoms with Crippen molar-refractivity contribution in [2.75, 3.05) is 39.8 Å². The van der Waals surface area contributed by atoms with Gasteiger partial charge in [0.25, 0.3) is 5.91 Å². The van der Waals surface area contributed by atoms with Gasteiger partial charge in [-0.1, -0.05) is 11.6 Å². The van der Waals surface area contributed by atoms with E-state index in [1.165, 1.54) is 11.3 Å². The zero-order valence-corrected chi connectivity index (χ0v) is 13.2. The Bertz CT molecular complexity index is 522. The first-order chi connectivity index (χ1) is 9.95. The molecule has 1 atom stereocenters. The number of carboxylic acids is 1. The van der Waals surface area contributed by atoms with E-state index < -0.39 is 5.97 Å². The molecule has 1 aromatic heterocycles. The number of likely N-dealkylation sites (N-methyl/N-ethyl adjacent to an activating group) is 1. The van der Waals surface area contributed by atoms with Crippen LogP contribution in [0.2, 0.25) is 4.34 Å². The molecule has 1 aromatic rings. The highest BCUT2D eigenvalue weighted by molar-refractivity contribution is 7.17. The Morgan fingerprint density at radius 2 is 2.33 bits per heavy atom. The van der Waals surface area contributed by atoms with E-state index in [1.807, 2.05) is 0 Å². The van der Waals surface area contributed by atoms with Gasteiger partial charge in [-0.3, -0.25) is 14.5 Å². The minimum atomic E-state index is -0.880. The maximum Gasteiger partial charge on any atom is 0.317 e. The van der Waals surface area contributed by atoms with Crippen molar-refractivity contribution in [1.82, 2.24) is 9.80 Å². The summed E-state index contributed by atoms with van der Waals surface area (Å²) in [6.45, 7) is 1.87. The maximum absolute atomic E-state index is 12.3. The van der Waals surface area contributed by atoms with E-state index in [4.69, 9.17) is 21.4 Å². The number of ether oxygens (including phenoxy) is 1. The number of hydrogen-bond donors (Lipinski definition) is 1. The number of halogens is 1. The van der Waals surface area contributed by atoms with E-state index >= 15 is 0 Å². The molecule has 0 spiro atoms. The first-order valence-corrected chi connectivity index (χ1v) is 7.71. The summed E-state index contributed by atoms with van der Waals surface area (Å²) in [5.41, 5.74) is 0. The molecular formula is C13H17ClN2O4S. The molecule has 8 heteroatoms. The molecule has 0 saturated carbocycles. The summed E-state index contributed by atoms with van der Waals surface area (Å²) in [4.78, 5) is 27.0. The van der Waals surface area contributed by atoms with Gasteiger partial charge in [0, 0.05) is 19.6 Å². The number of carbonyl (C=O) groups is 2. The third-order valence-corrected chi connectivity index (χ3v) is 4.35. The van der Waals surface area contributed by atoms with Crippen LogP contribution in [-0.2, 0) is 9.53 Å². The third-order valence-electron chi connectivity index (χ3n) is 3.13. The average molecular weight is 333 g/mol. The van der Waals surface area contributed by atoms with Crippen LogP contribution in [0.5, 0.6) is 0 Å². The summed E-state index contributed by atoms with van der Waals surface area (Å²) in [7, 11) is 1.72. The summed E-state index contributed by atoms with van der Waals surface area (Å²) < 4.78 is 6.19. The Morgan fingerprint density at radius 1 is 1.57 bits per heavy atom. The van der Waals surface area contributed by atoms with Crippen LogP contribution in [0.25, 0.3) is 0 Å². The second kappa shape index (κ2) is 7.22.